The zero-order chi connectivity index (χ0) is 27.9. The molecule has 0 aliphatic rings. The van der Waals surface area contributed by atoms with Gasteiger partial charge < -0.3 is 10.6 Å². The Morgan fingerprint density at radius 1 is 1.02 bits per heavy atom. The molecule has 1 unspecified atom stereocenters. The number of nitrogens with zero attached hydrogens (tertiary/aromatic N) is 7. The van der Waals surface area contributed by atoms with E-state index < -0.39 is 11.2 Å². The maximum atomic E-state index is 13.9. The first-order chi connectivity index (χ1) is 19.5. The van der Waals surface area contributed by atoms with E-state index in [2.05, 4.69) is 42.7 Å². The van der Waals surface area contributed by atoms with Crippen LogP contribution >= 0.6 is 11.3 Å². The molecule has 0 fully saturated rings. The molecular weight excluding hydrogens is 549 g/mol. The minimum Gasteiger partial charge on any atom is -0.362 e. The van der Waals surface area contributed by atoms with Gasteiger partial charge in [0.1, 0.15) is 28.3 Å². The van der Waals surface area contributed by atoms with Crippen molar-refractivity contribution in [3.63, 3.8) is 0 Å². The van der Waals surface area contributed by atoms with E-state index in [9.17, 15) is 8.60 Å². The summed E-state index contributed by atoms with van der Waals surface area (Å²) in [5.74, 6) is 0.964. The number of pyridine rings is 1. The van der Waals surface area contributed by atoms with Crippen molar-refractivity contribution < 1.29 is 8.60 Å². The van der Waals surface area contributed by atoms with Crippen molar-refractivity contribution in [2.45, 2.75) is 25.8 Å². The van der Waals surface area contributed by atoms with E-state index in [1.54, 1.807) is 30.7 Å². The lowest BCUT2D eigenvalue weighted by Gasteiger charge is -2.15. The summed E-state index contributed by atoms with van der Waals surface area (Å²) >= 11 is 0.154. The van der Waals surface area contributed by atoms with Crippen LogP contribution < -0.4 is 10.6 Å². The molecule has 5 rings (SSSR count). The molecule has 0 radical (unpaired) electrons. The van der Waals surface area contributed by atoms with Gasteiger partial charge in [-0.3, -0.25) is 4.98 Å². The third-order valence-corrected chi connectivity index (χ3v) is 8.50. The Kier molecular flexibility index (Phi) is 9.16. The highest BCUT2D eigenvalue weighted by Crippen LogP contribution is 2.25. The summed E-state index contributed by atoms with van der Waals surface area (Å²) in [5, 5.41) is 7.50. The minimum absolute atomic E-state index is 0.203. The molecule has 0 aliphatic carbocycles. The lowest BCUT2D eigenvalue weighted by atomic mass is 10.1. The SMILES string of the molecule is CN(C)S(=O)n1c(Cc2ccccc2)cnc1CCNCCc1nc2c(NCc3ncccc3F)ncnc2s1. The van der Waals surface area contributed by atoms with Gasteiger partial charge in [-0.2, -0.15) is 0 Å². The second kappa shape index (κ2) is 13.1. The van der Waals surface area contributed by atoms with Gasteiger partial charge in [0.15, 0.2) is 5.82 Å². The molecule has 1 aromatic carbocycles. The fourth-order valence-electron chi connectivity index (χ4n) is 4.13. The van der Waals surface area contributed by atoms with Crippen molar-refractivity contribution >= 4 is 38.7 Å². The fraction of sp³-hybridized carbons (Fsp3) is 0.296. The number of aromatic nitrogens is 6. The van der Waals surface area contributed by atoms with Gasteiger partial charge in [-0.1, -0.05) is 41.7 Å². The highest BCUT2D eigenvalue weighted by molar-refractivity contribution is 7.81. The molecule has 0 saturated carbocycles. The van der Waals surface area contributed by atoms with E-state index in [-0.39, 0.29) is 12.4 Å². The van der Waals surface area contributed by atoms with Crippen molar-refractivity contribution in [2.75, 3.05) is 32.5 Å². The molecule has 0 bridgehead atoms. The first-order valence-corrected chi connectivity index (χ1v) is 14.7. The average Bonchev–Trinajstić information content (AvgIpc) is 3.56. The normalized spacial score (nSPS) is 12.3. The van der Waals surface area contributed by atoms with E-state index >= 15 is 0 Å². The lowest BCUT2D eigenvalue weighted by Crippen LogP contribution is -2.27. The van der Waals surface area contributed by atoms with Gasteiger partial charge in [0, 0.05) is 58.8 Å². The fourth-order valence-corrected chi connectivity index (χ4v) is 5.99. The Balaban J connectivity index is 1.17. The Bertz CT molecular complexity index is 1590. The predicted molar refractivity (Wildman–Crippen MR) is 156 cm³/mol. The van der Waals surface area contributed by atoms with E-state index in [0.717, 1.165) is 26.9 Å². The molecule has 2 N–H and O–H groups in total. The van der Waals surface area contributed by atoms with Crippen LogP contribution in [-0.4, -0.2) is 64.6 Å². The Morgan fingerprint density at radius 2 is 1.85 bits per heavy atom. The third-order valence-electron chi connectivity index (χ3n) is 6.09. The monoisotopic (exact) mass is 579 g/mol. The standard InChI is InChI=1S/C27H30FN9OS2/c1-36(2)40(38)37-20(15-19-7-4-3-5-8-19)16-31-23(37)10-13-29-14-11-24-35-25-26(33-18-34-27(25)39-24)32-17-22-21(28)9-6-12-30-22/h3-9,12,16,18,29H,10-11,13-15,17H2,1-2H3,(H,32,33,34). The van der Waals surface area contributed by atoms with E-state index in [1.165, 1.54) is 23.7 Å². The zero-order valence-corrected chi connectivity index (χ0v) is 23.9. The molecule has 1 atom stereocenters. The van der Waals surface area contributed by atoms with Crippen LogP contribution in [0.4, 0.5) is 10.2 Å². The summed E-state index contributed by atoms with van der Waals surface area (Å²) in [4.78, 5) is 22.8. The number of benzene rings is 1. The predicted octanol–water partition coefficient (Wildman–Crippen LogP) is 3.38. The summed E-state index contributed by atoms with van der Waals surface area (Å²) in [7, 11) is 3.59. The van der Waals surface area contributed by atoms with Crippen molar-refractivity contribution in [2.24, 2.45) is 0 Å². The van der Waals surface area contributed by atoms with Crippen LogP contribution in [0.3, 0.4) is 0 Å². The van der Waals surface area contributed by atoms with Crippen LogP contribution in [0.1, 0.15) is 27.8 Å². The summed E-state index contributed by atoms with van der Waals surface area (Å²) in [6.07, 6.45) is 6.87. The molecule has 5 aromatic rings. The summed E-state index contributed by atoms with van der Waals surface area (Å²) in [6.45, 7) is 1.59. The Labute approximate surface area is 238 Å². The number of thiazole rings is 1. The number of rotatable bonds is 13. The molecule has 0 aliphatic heterocycles. The van der Waals surface area contributed by atoms with Gasteiger partial charge >= 0.3 is 0 Å². The van der Waals surface area contributed by atoms with Gasteiger partial charge in [0.05, 0.1) is 22.9 Å². The highest BCUT2D eigenvalue weighted by atomic mass is 32.2. The summed E-state index contributed by atoms with van der Waals surface area (Å²) in [5.41, 5.74) is 3.04. The summed E-state index contributed by atoms with van der Waals surface area (Å²) in [6, 6.07) is 13.1. The van der Waals surface area contributed by atoms with E-state index in [0.29, 0.717) is 49.4 Å². The smallest absolute Gasteiger partial charge is 0.204 e. The maximum absolute atomic E-state index is 13.9. The maximum Gasteiger partial charge on any atom is 0.204 e. The van der Waals surface area contributed by atoms with Crippen LogP contribution in [0.2, 0.25) is 0 Å². The molecule has 10 nitrogen and oxygen atoms in total. The molecule has 0 spiro atoms. The van der Waals surface area contributed by atoms with Crippen LogP contribution in [0.25, 0.3) is 10.3 Å². The number of fused-ring (bicyclic) bond motifs is 1. The highest BCUT2D eigenvalue weighted by Gasteiger charge is 2.18. The quantitative estimate of drug-likeness (QED) is 0.204. The number of nitrogens with one attached hydrogen (secondary N) is 2. The average molecular weight is 580 g/mol. The van der Waals surface area contributed by atoms with Gasteiger partial charge in [0.25, 0.3) is 0 Å². The minimum atomic E-state index is -1.36. The molecular formula is C27H30FN9OS2. The first kappa shape index (κ1) is 27.9. The first-order valence-electron chi connectivity index (χ1n) is 12.8. The third kappa shape index (κ3) is 6.73. The number of hydrogen-bond acceptors (Lipinski definition) is 9. The molecule has 4 heterocycles. The number of halogens is 1. The largest absolute Gasteiger partial charge is 0.362 e. The van der Waals surface area contributed by atoms with Crippen molar-refractivity contribution in [3.8, 4) is 0 Å². The van der Waals surface area contributed by atoms with Crippen LogP contribution in [0, 0.1) is 5.82 Å². The number of hydrogen-bond donors (Lipinski definition) is 2. The van der Waals surface area contributed by atoms with Crippen molar-refractivity contribution in [1.29, 1.82) is 0 Å². The van der Waals surface area contributed by atoms with Gasteiger partial charge in [-0.05, 0) is 17.7 Å². The Morgan fingerprint density at radius 3 is 2.65 bits per heavy atom. The van der Waals surface area contributed by atoms with Crippen LogP contribution in [-0.2, 0) is 37.0 Å². The van der Waals surface area contributed by atoms with Crippen LogP contribution in [0.15, 0.2) is 61.2 Å². The number of imidazole rings is 1. The van der Waals surface area contributed by atoms with Crippen molar-refractivity contribution in [1.82, 2.24) is 38.5 Å². The van der Waals surface area contributed by atoms with Gasteiger partial charge in [-0.15, -0.1) is 0 Å². The van der Waals surface area contributed by atoms with Gasteiger partial charge in [0.2, 0.25) is 11.2 Å². The van der Waals surface area contributed by atoms with Crippen molar-refractivity contribution in [3.05, 3.63) is 94.8 Å². The number of anilines is 1. The molecule has 4 aromatic heterocycles. The molecule has 208 valence electrons. The topological polar surface area (TPSA) is 114 Å². The molecule has 13 heteroatoms. The van der Waals surface area contributed by atoms with Crippen LogP contribution in [0.5, 0.6) is 0 Å². The van der Waals surface area contributed by atoms with E-state index in [1.807, 2.05) is 28.4 Å². The second-order valence-corrected chi connectivity index (χ2v) is 11.8. The summed E-state index contributed by atoms with van der Waals surface area (Å²) < 4.78 is 30.5. The van der Waals surface area contributed by atoms with E-state index in [4.69, 9.17) is 4.98 Å². The second-order valence-electron chi connectivity index (χ2n) is 9.18. The molecule has 0 saturated heterocycles. The molecule has 0 amide bonds. The zero-order valence-electron chi connectivity index (χ0n) is 22.2. The molecule has 40 heavy (non-hydrogen) atoms. The van der Waals surface area contributed by atoms with Gasteiger partial charge in [-0.25, -0.2) is 36.8 Å². The Hall–Kier alpha value is -3.65. The lowest BCUT2D eigenvalue weighted by molar-refractivity contribution is 0.586.